The summed E-state index contributed by atoms with van der Waals surface area (Å²) in [6.07, 6.45) is 6.75. The molecule has 0 radical (unpaired) electrons. The summed E-state index contributed by atoms with van der Waals surface area (Å²) in [6, 6.07) is 1.99. The third-order valence-corrected chi connectivity index (χ3v) is 4.99. The maximum atomic E-state index is 6.30. The minimum absolute atomic E-state index is 0.0637. The molecule has 2 aliphatic rings. The normalized spacial score (nSPS) is 21.0. The van der Waals surface area contributed by atoms with Crippen LogP contribution in [-0.2, 0) is 6.42 Å². The molecule has 104 valence electrons. The number of nitrogens with zero attached hydrogens (tertiary/aromatic N) is 1. The number of rotatable bonds is 5. The van der Waals surface area contributed by atoms with E-state index in [9.17, 15) is 0 Å². The van der Waals surface area contributed by atoms with Gasteiger partial charge in [0.2, 0.25) is 0 Å². The summed E-state index contributed by atoms with van der Waals surface area (Å²) in [6.45, 7) is 0.746. The van der Waals surface area contributed by atoms with E-state index in [1.165, 1.54) is 19.3 Å². The zero-order valence-electron chi connectivity index (χ0n) is 10.8. The smallest absolute Gasteiger partial charge is 0.172 e. The van der Waals surface area contributed by atoms with Crippen molar-refractivity contribution >= 4 is 27.5 Å². The van der Waals surface area contributed by atoms with E-state index in [4.69, 9.17) is 22.1 Å². The van der Waals surface area contributed by atoms with Crippen molar-refractivity contribution in [1.82, 2.24) is 4.98 Å². The molecule has 3 nitrogen and oxygen atoms in total. The molecule has 2 aliphatic carbocycles. The van der Waals surface area contributed by atoms with E-state index in [-0.39, 0.29) is 5.54 Å². The molecule has 0 aliphatic heterocycles. The summed E-state index contributed by atoms with van der Waals surface area (Å²) in [5.41, 5.74) is 7.33. The second-order valence-corrected chi connectivity index (χ2v) is 6.98. The van der Waals surface area contributed by atoms with E-state index in [2.05, 4.69) is 20.9 Å². The zero-order chi connectivity index (χ0) is 13.5. The number of hydrogen-bond acceptors (Lipinski definition) is 3. The average molecular weight is 346 g/mol. The Labute approximate surface area is 127 Å². The fraction of sp³-hybridized carbons (Fsp3) is 0.643. The monoisotopic (exact) mass is 344 g/mol. The highest BCUT2D eigenvalue weighted by atomic mass is 79.9. The van der Waals surface area contributed by atoms with Crippen molar-refractivity contribution in [3.63, 3.8) is 0 Å². The molecule has 5 heteroatoms. The molecule has 19 heavy (non-hydrogen) atoms. The van der Waals surface area contributed by atoms with Gasteiger partial charge in [0, 0.05) is 5.54 Å². The highest BCUT2D eigenvalue weighted by molar-refractivity contribution is 9.10. The summed E-state index contributed by atoms with van der Waals surface area (Å²) in [5, 5.41) is 0.427. The average Bonchev–Trinajstić information content (AvgIpc) is 3.13. The van der Waals surface area contributed by atoms with Crippen LogP contribution in [0.4, 0.5) is 0 Å². The van der Waals surface area contributed by atoms with Gasteiger partial charge in [-0.1, -0.05) is 11.6 Å². The minimum atomic E-state index is -0.0637. The summed E-state index contributed by atoms with van der Waals surface area (Å²) >= 11 is 9.60. The molecule has 0 unspecified atom stereocenters. The molecular weight excluding hydrogens is 328 g/mol. The molecule has 1 aromatic rings. The highest BCUT2D eigenvalue weighted by Gasteiger charge is 2.33. The lowest BCUT2D eigenvalue weighted by Gasteiger charge is -2.38. The number of hydrogen-bond donors (Lipinski definition) is 1. The van der Waals surface area contributed by atoms with Crippen molar-refractivity contribution < 1.29 is 4.74 Å². The number of nitrogens with two attached hydrogens (primary N) is 1. The first kappa shape index (κ1) is 13.7. The molecule has 0 spiro atoms. The van der Waals surface area contributed by atoms with Crippen molar-refractivity contribution in [3.05, 3.63) is 21.4 Å². The molecule has 0 aromatic carbocycles. The molecule has 0 amide bonds. The topological polar surface area (TPSA) is 48.1 Å². The van der Waals surface area contributed by atoms with Gasteiger partial charge in [-0.2, -0.15) is 0 Å². The van der Waals surface area contributed by atoms with Crippen molar-refractivity contribution in [2.45, 2.75) is 44.1 Å². The Morgan fingerprint density at radius 3 is 2.79 bits per heavy atom. The van der Waals surface area contributed by atoms with Gasteiger partial charge in [-0.15, -0.1) is 0 Å². The lowest BCUT2D eigenvalue weighted by atomic mass is 9.74. The molecule has 3 rings (SSSR count). The van der Waals surface area contributed by atoms with E-state index >= 15 is 0 Å². The third-order valence-electron chi connectivity index (χ3n) is 4.03. The van der Waals surface area contributed by atoms with Crippen LogP contribution < -0.4 is 10.5 Å². The first-order chi connectivity index (χ1) is 9.06. The van der Waals surface area contributed by atoms with Gasteiger partial charge in [0.05, 0.1) is 6.61 Å². The molecule has 2 N–H and O–H groups in total. The van der Waals surface area contributed by atoms with Gasteiger partial charge in [0.15, 0.2) is 10.9 Å². The number of aromatic nitrogens is 1. The van der Waals surface area contributed by atoms with Crippen molar-refractivity contribution in [1.29, 1.82) is 0 Å². The first-order valence-corrected chi connectivity index (χ1v) is 7.99. The van der Waals surface area contributed by atoms with Gasteiger partial charge in [0.25, 0.3) is 0 Å². The third kappa shape index (κ3) is 3.23. The standard InChI is InChI=1S/C14H18BrClN2O/c15-12-10(7-14(17)4-1-5-14)6-11(13(16)18-12)19-8-9-2-3-9/h6,9H,1-5,7-8,17H2. The lowest BCUT2D eigenvalue weighted by molar-refractivity contribution is 0.246. The number of ether oxygens (including phenoxy) is 1. The summed E-state index contributed by atoms with van der Waals surface area (Å²) in [7, 11) is 0. The largest absolute Gasteiger partial charge is 0.490 e. The Morgan fingerprint density at radius 2 is 2.21 bits per heavy atom. The Hall–Kier alpha value is -0.320. The SMILES string of the molecule is NC1(Cc2cc(OCC3CC3)c(Cl)nc2Br)CCC1. The van der Waals surface area contributed by atoms with Gasteiger partial charge >= 0.3 is 0 Å². The maximum absolute atomic E-state index is 6.30. The zero-order valence-corrected chi connectivity index (χ0v) is 13.1. The quantitative estimate of drug-likeness (QED) is 0.828. The predicted octanol–water partition coefficient (Wildman–Crippen LogP) is 3.71. The second-order valence-electron chi connectivity index (χ2n) is 5.87. The Balaban J connectivity index is 1.75. The van der Waals surface area contributed by atoms with Crippen LogP contribution in [0.5, 0.6) is 5.75 Å². The Kier molecular flexibility index (Phi) is 3.76. The van der Waals surface area contributed by atoms with Gasteiger partial charge in [-0.05, 0) is 72.0 Å². The van der Waals surface area contributed by atoms with E-state index in [0.717, 1.165) is 36.0 Å². The maximum Gasteiger partial charge on any atom is 0.172 e. The molecular formula is C14H18BrClN2O. The summed E-state index contributed by atoms with van der Waals surface area (Å²) in [5.74, 6) is 1.39. The second kappa shape index (κ2) is 5.23. The van der Waals surface area contributed by atoms with E-state index < -0.39 is 0 Å². The summed E-state index contributed by atoms with van der Waals surface area (Å²) < 4.78 is 6.55. The van der Waals surface area contributed by atoms with Gasteiger partial charge < -0.3 is 10.5 Å². The fourth-order valence-electron chi connectivity index (χ4n) is 2.39. The van der Waals surface area contributed by atoms with Crippen molar-refractivity contribution in [2.24, 2.45) is 11.7 Å². The van der Waals surface area contributed by atoms with Gasteiger partial charge in [-0.25, -0.2) is 4.98 Å². The minimum Gasteiger partial charge on any atom is -0.490 e. The Bertz CT molecular complexity index is 487. The fourth-order valence-corrected chi connectivity index (χ4v) is 3.12. The van der Waals surface area contributed by atoms with Crippen LogP contribution >= 0.6 is 27.5 Å². The Morgan fingerprint density at radius 1 is 1.47 bits per heavy atom. The van der Waals surface area contributed by atoms with Crippen molar-refractivity contribution in [3.8, 4) is 5.75 Å². The highest BCUT2D eigenvalue weighted by Crippen LogP contribution is 2.37. The molecule has 2 saturated carbocycles. The number of halogens is 2. The number of pyridine rings is 1. The van der Waals surface area contributed by atoms with Gasteiger partial charge in [-0.3, -0.25) is 0 Å². The predicted molar refractivity (Wildman–Crippen MR) is 79.6 cm³/mol. The van der Waals surface area contributed by atoms with Crippen LogP contribution in [0.2, 0.25) is 5.15 Å². The van der Waals surface area contributed by atoms with E-state index in [1.54, 1.807) is 0 Å². The molecule has 0 saturated heterocycles. The molecule has 1 aromatic heterocycles. The lowest BCUT2D eigenvalue weighted by Crippen LogP contribution is -2.48. The molecule has 0 atom stereocenters. The van der Waals surface area contributed by atoms with Crippen LogP contribution in [0.15, 0.2) is 10.7 Å². The van der Waals surface area contributed by atoms with Crippen LogP contribution in [0, 0.1) is 5.92 Å². The molecule has 1 heterocycles. The van der Waals surface area contributed by atoms with Crippen LogP contribution in [0.25, 0.3) is 0 Å². The van der Waals surface area contributed by atoms with E-state index in [1.807, 2.05) is 6.07 Å². The molecule has 2 fully saturated rings. The summed E-state index contributed by atoms with van der Waals surface area (Å²) in [4.78, 5) is 4.32. The van der Waals surface area contributed by atoms with Crippen molar-refractivity contribution in [2.75, 3.05) is 6.61 Å². The van der Waals surface area contributed by atoms with Crippen LogP contribution in [0.1, 0.15) is 37.7 Å². The van der Waals surface area contributed by atoms with Crippen LogP contribution in [0.3, 0.4) is 0 Å². The van der Waals surface area contributed by atoms with E-state index in [0.29, 0.717) is 16.8 Å². The van der Waals surface area contributed by atoms with Gasteiger partial charge in [0.1, 0.15) is 4.60 Å². The molecule has 0 bridgehead atoms. The first-order valence-electron chi connectivity index (χ1n) is 6.82. The van der Waals surface area contributed by atoms with Crippen LogP contribution in [-0.4, -0.2) is 17.1 Å².